The van der Waals surface area contributed by atoms with Gasteiger partial charge in [-0.15, -0.1) is 0 Å². The zero-order valence-corrected chi connectivity index (χ0v) is 15.1. The van der Waals surface area contributed by atoms with Gasteiger partial charge in [0, 0.05) is 10.0 Å². The number of carbonyl (C=O) groups is 1. The Morgan fingerprint density at radius 1 is 1.26 bits per heavy atom. The molecule has 0 aliphatic carbocycles. The topological polar surface area (TPSA) is 47.6 Å². The van der Waals surface area contributed by atoms with E-state index in [9.17, 15) is 4.79 Å². The number of ether oxygens (including phenoxy) is 2. The van der Waals surface area contributed by atoms with Crippen molar-refractivity contribution < 1.29 is 14.3 Å². The Bertz CT molecular complexity index is 701. The second-order valence-electron chi connectivity index (χ2n) is 5.13. The van der Waals surface area contributed by atoms with Crippen LogP contribution in [0.25, 0.3) is 0 Å². The fourth-order valence-corrected chi connectivity index (χ4v) is 2.74. The van der Waals surface area contributed by atoms with Gasteiger partial charge in [-0.05, 0) is 52.5 Å². The van der Waals surface area contributed by atoms with Crippen LogP contribution in [0.4, 0.5) is 10.5 Å². The highest BCUT2D eigenvalue weighted by Gasteiger charge is 2.11. The van der Waals surface area contributed by atoms with Crippen LogP contribution in [0.15, 0.2) is 40.9 Å². The summed E-state index contributed by atoms with van der Waals surface area (Å²) in [5.74, 6) is 0.839. The number of amides is 1. The Balaban J connectivity index is 2.17. The van der Waals surface area contributed by atoms with Gasteiger partial charge in [-0.2, -0.15) is 0 Å². The normalized spacial score (nSPS) is 10.3. The smallest absolute Gasteiger partial charge is 0.411 e. The summed E-state index contributed by atoms with van der Waals surface area (Å²) >= 11 is 3.44. The molecule has 2 aromatic carbocycles. The summed E-state index contributed by atoms with van der Waals surface area (Å²) in [5, 5.41) is 2.71. The molecule has 0 saturated heterocycles. The summed E-state index contributed by atoms with van der Waals surface area (Å²) in [4.78, 5) is 11.5. The van der Waals surface area contributed by atoms with Gasteiger partial charge in [0.2, 0.25) is 0 Å². The average molecular weight is 378 g/mol. The lowest BCUT2D eigenvalue weighted by molar-refractivity contribution is 0.187. The highest BCUT2D eigenvalue weighted by Crippen LogP contribution is 2.28. The van der Waals surface area contributed by atoms with Crippen LogP contribution in [0, 0.1) is 6.92 Å². The van der Waals surface area contributed by atoms with Gasteiger partial charge in [-0.3, -0.25) is 5.32 Å². The molecule has 23 heavy (non-hydrogen) atoms. The fourth-order valence-electron chi connectivity index (χ4n) is 2.23. The second-order valence-corrected chi connectivity index (χ2v) is 5.99. The van der Waals surface area contributed by atoms with E-state index in [1.165, 1.54) is 12.7 Å². The maximum absolute atomic E-state index is 11.5. The van der Waals surface area contributed by atoms with Crippen LogP contribution >= 0.6 is 15.9 Å². The highest BCUT2D eigenvalue weighted by molar-refractivity contribution is 9.10. The van der Waals surface area contributed by atoms with Crippen LogP contribution in [0.1, 0.15) is 23.6 Å². The van der Waals surface area contributed by atoms with Crippen LogP contribution in [0.2, 0.25) is 0 Å². The Hall–Kier alpha value is -2.01. The third-order valence-corrected chi connectivity index (χ3v) is 4.20. The van der Waals surface area contributed by atoms with Gasteiger partial charge in [0.05, 0.1) is 12.8 Å². The molecule has 0 heterocycles. The van der Waals surface area contributed by atoms with Gasteiger partial charge in [-0.25, -0.2) is 4.79 Å². The van der Waals surface area contributed by atoms with E-state index in [1.807, 2.05) is 31.2 Å². The van der Waals surface area contributed by atoms with Gasteiger partial charge < -0.3 is 9.47 Å². The van der Waals surface area contributed by atoms with Crippen molar-refractivity contribution in [2.75, 3.05) is 12.4 Å². The Kier molecular flexibility index (Phi) is 6.04. The molecule has 0 spiro atoms. The molecule has 0 aliphatic rings. The third-order valence-electron chi connectivity index (χ3n) is 3.54. The number of anilines is 1. The molecular weight excluding hydrogens is 358 g/mol. The summed E-state index contributed by atoms with van der Waals surface area (Å²) < 4.78 is 11.4. The molecule has 0 aliphatic heterocycles. The number of nitrogens with one attached hydrogen (secondary N) is 1. The quantitative estimate of drug-likeness (QED) is 0.790. The number of para-hydroxylation sites is 1. The summed E-state index contributed by atoms with van der Waals surface area (Å²) in [6, 6.07) is 11.8. The molecule has 1 amide bonds. The molecule has 2 rings (SSSR count). The first-order chi connectivity index (χ1) is 11.0. The van der Waals surface area contributed by atoms with E-state index in [2.05, 4.69) is 45.0 Å². The Morgan fingerprint density at radius 3 is 2.70 bits per heavy atom. The first-order valence-corrected chi connectivity index (χ1v) is 8.19. The van der Waals surface area contributed by atoms with E-state index in [4.69, 9.17) is 4.74 Å². The van der Waals surface area contributed by atoms with Crippen molar-refractivity contribution in [2.24, 2.45) is 0 Å². The standard InChI is InChI=1S/C18H20BrNO3/c1-4-13-8-9-16(12(2)10-13)23-11-14-6-5-7-15(19)17(14)20-18(21)22-3/h5-10H,4,11H2,1-3H3,(H,20,21). The van der Waals surface area contributed by atoms with Crippen molar-refractivity contribution in [3.05, 3.63) is 57.6 Å². The molecule has 0 fully saturated rings. The van der Waals surface area contributed by atoms with Crippen LogP contribution < -0.4 is 10.1 Å². The highest BCUT2D eigenvalue weighted by atomic mass is 79.9. The third kappa shape index (κ3) is 4.48. The molecule has 0 unspecified atom stereocenters. The molecule has 0 aromatic heterocycles. The largest absolute Gasteiger partial charge is 0.489 e. The van der Waals surface area contributed by atoms with Gasteiger partial charge in [0.1, 0.15) is 12.4 Å². The number of hydrogen-bond acceptors (Lipinski definition) is 3. The minimum Gasteiger partial charge on any atom is -0.489 e. The van der Waals surface area contributed by atoms with Crippen LogP contribution in [-0.4, -0.2) is 13.2 Å². The Labute approximate surface area is 144 Å². The zero-order chi connectivity index (χ0) is 16.8. The lowest BCUT2D eigenvalue weighted by Crippen LogP contribution is -2.14. The summed E-state index contributed by atoms with van der Waals surface area (Å²) in [6.07, 6.45) is 0.488. The zero-order valence-electron chi connectivity index (χ0n) is 13.5. The van der Waals surface area contributed by atoms with Crippen LogP contribution in [-0.2, 0) is 17.8 Å². The number of carbonyl (C=O) groups excluding carboxylic acids is 1. The molecule has 4 nitrogen and oxygen atoms in total. The van der Waals surface area contributed by atoms with Crippen LogP contribution in [0.3, 0.4) is 0 Å². The van der Waals surface area contributed by atoms with Crippen molar-refractivity contribution in [3.63, 3.8) is 0 Å². The molecule has 2 aromatic rings. The van der Waals surface area contributed by atoms with Gasteiger partial charge in [0.15, 0.2) is 0 Å². The maximum atomic E-state index is 11.5. The van der Waals surface area contributed by atoms with E-state index >= 15 is 0 Å². The van der Waals surface area contributed by atoms with E-state index in [0.717, 1.165) is 27.8 Å². The van der Waals surface area contributed by atoms with Crippen molar-refractivity contribution in [2.45, 2.75) is 26.9 Å². The summed E-state index contributed by atoms with van der Waals surface area (Å²) in [5.41, 5.74) is 3.90. The molecule has 0 saturated carbocycles. The SMILES string of the molecule is CCc1ccc(OCc2cccc(Br)c2NC(=O)OC)c(C)c1. The molecule has 0 radical (unpaired) electrons. The molecule has 0 bridgehead atoms. The van der Waals surface area contributed by atoms with Gasteiger partial charge in [-0.1, -0.05) is 31.2 Å². The number of methoxy groups -OCH3 is 1. The van der Waals surface area contributed by atoms with E-state index in [1.54, 1.807) is 0 Å². The Morgan fingerprint density at radius 2 is 2.04 bits per heavy atom. The van der Waals surface area contributed by atoms with Crippen molar-refractivity contribution in [1.82, 2.24) is 0 Å². The summed E-state index contributed by atoms with van der Waals surface area (Å²) in [6.45, 7) is 4.51. The van der Waals surface area contributed by atoms with E-state index < -0.39 is 6.09 Å². The first-order valence-electron chi connectivity index (χ1n) is 7.39. The monoisotopic (exact) mass is 377 g/mol. The van der Waals surface area contributed by atoms with Crippen LogP contribution in [0.5, 0.6) is 5.75 Å². The van der Waals surface area contributed by atoms with Crippen molar-refractivity contribution >= 4 is 27.7 Å². The average Bonchev–Trinajstić information content (AvgIpc) is 2.56. The minimum atomic E-state index is -0.512. The van der Waals surface area contributed by atoms with E-state index in [-0.39, 0.29) is 0 Å². The molecule has 0 atom stereocenters. The minimum absolute atomic E-state index is 0.352. The predicted octanol–water partition coefficient (Wildman–Crippen LogP) is 5.08. The van der Waals surface area contributed by atoms with Gasteiger partial charge >= 0.3 is 6.09 Å². The number of rotatable bonds is 5. The fraction of sp³-hybridized carbons (Fsp3) is 0.278. The molecular formula is C18H20BrNO3. The second kappa shape index (κ2) is 8.02. The molecule has 1 N–H and O–H groups in total. The number of aryl methyl sites for hydroxylation is 2. The maximum Gasteiger partial charge on any atom is 0.411 e. The number of hydrogen-bond donors (Lipinski definition) is 1. The predicted molar refractivity (Wildman–Crippen MR) is 95.1 cm³/mol. The van der Waals surface area contributed by atoms with Crippen molar-refractivity contribution in [1.29, 1.82) is 0 Å². The van der Waals surface area contributed by atoms with Gasteiger partial charge in [0.25, 0.3) is 0 Å². The lowest BCUT2D eigenvalue weighted by Gasteiger charge is -2.15. The molecule has 5 heteroatoms. The number of benzene rings is 2. The first kappa shape index (κ1) is 17.3. The molecule has 122 valence electrons. The lowest BCUT2D eigenvalue weighted by atomic mass is 10.1. The van der Waals surface area contributed by atoms with E-state index in [0.29, 0.717) is 12.3 Å². The van der Waals surface area contributed by atoms with Crippen molar-refractivity contribution in [3.8, 4) is 5.75 Å². The summed E-state index contributed by atoms with van der Waals surface area (Å²) in [7, 11) is 1.33. The number of halogens is 1.